The minimum Gasteiger partial charge on any atom is -0.362 e. The molecule has 0 aliphatic rings. The maximum absolute atomic E-state index is 5.24. The highest BCUT2D eigenvalue weighted by atomic mass is 79.9. The highest BCUT2D eigenvalue weighted by Crippen LogP contribution is 2.10. The van der Waals surface area contributed by atoms with Crippen molar-refractivity contribution in [1.29, 1.82) is 0 Å². The SMILES string of the molecule is Cc1ccc(NC(=S)NCCc2ccc(Br)cc2)nc1. The summed E-state index contributed by atoms with van der Waals surface area (Å²) in [6.45, 7) is 2.80. The predicted molar refractivity (Wildman–Crippen MR) is 91.0 cm³/mol. The van der Waals surface area contributed by atoms with Crippen molar-refractivity contribution in [2.24, 2.45) is 0 Å². The van der Waals surface area contributed by atoms with Gasteiger partial charge in [-0.05, 0) is 54.9 Å². The average molecular weight is 350 g/mol. The molecule has 104 valence electrons. The monoisotopic (exact) mass is 349 g/mol. The molecule has 1 heterocycles. The number of hydrogen-bond donors (Lipinski definition) is 2. The van der Waals surface area contributed by atoms with Gasteiger partial charge >= 0.3 is 0 Å². The zero-order chi connectivity index (χ0) is 14.4. The number of nitrogens with zero attached hydrogens (tertiary/aromatic N) is 1. The topological polar surface area (TPSA) is 37.0 Å². The standard InChI is InChI=1S/C15H16BrN3S/c1-11-2-7-14(18-10-11)19-15(20)17-9-8-12-3-5-13(16)6-4-12/h2-7,10H,8-9H2,1H3,(H2,17,18,19,20). The van der Waals surface area contributed by atoms with Gasteiger partial charge in [0.05, 0.1) is 0 Å². The highest BCUT2D eigenvalue weighted by Gasteiger charge is 1.99. The van der Waals surface area contributed by atoms with E-state index in [4.69, 9.17) is 12.2 Å². The quantitative estimate of drug-likeness (QED) is 0.825. The Balaban J connectivity index is 1.75. The second kappa shape index (κ2) is 7.36. The molecule has 0 saturated carbocycles. The molecule has 2 aromatic rings. The lowest BCUT2D eigenvalue weighted by molar-refractivity contribution is 0.872. The van der Waals surface area contributed by atoms with Crippen molar-refractivity contribution < 1.29 is 0 Å². The third-order valence-electron chi connectivity index (χ3n) is 2.77. The molecule has 3 nitrogen and oxygen atoms in total. The van der Waals surface area contributed by atoms with Gasteiger partial charge in [0.2, 0.25) is 0 Å². The van der Waals surface area contributed by atoms with E-state index in [0.717, 1.165) is 28.8 Å². The molecule has 2 rings (SSSR count). The molecule has 1 aromatic carbocycles. The first-order valence-corrected chi connectivity index (χ1v) is 7.55. The molecule has 0 amide bonds. The first-order valence-electron chi connectivity index (χ1n) is 6.35. The summed E-state index contributed by atoms with van der Waals surface area (Å²) >= 11 is 8.66. The lowest BCUT2D eigenvalue weighted by Crippen LogP contribution is -2.30. The third-order valence-corrected chi connectivity index (χ3v) is 3.54. The Morgan fingerprint density at radius 2 is 1.95 bits per heavy atom. The van der Waals surface area contributed by atoms with Crippen molar-refractivity contribution in [3.8, 4) is 0 Å². The van der Waals surface area contributed by atoms with E-state index in [2.05, 4.69) is 43.7 Å². The van der Waals surface area contributed by atoms with Gasteiger partial charge in [-0.1, -0.05) is 34.1 Å². The number of anilines is 1. The maximum atomic E-state index is 5.24. The van der Waals surface area contributed by atoms with Crippen LogP contribution in [-0.4, -0.2) is 16.6 Å². The maximum Gasteiger partial charge on any atom is 0.171 e. The summed E-state index contributed by atoms with van der Waals surface area (Å²) in [6.07, 6.45) is 2.74. The van der Waals surface area contributed by atoms with Gasteiger partial charge < -0.3 is 10.6 Å². The second-order valence-electron chi connectivity index (χ2n) is 4.48. The van der Waals surface area contributed by atoms with Crippen molar-refractivity contribution in [2.75, 3.05) is 11.9 Å². The molecule has 0 fully saturated rings. The smallest absolute Gasteiger partial charge is 0.171 e. The van der Waals surface area contributed by atoms with Crippen LogP contribution < -0.4 is 10.6 Å². The molecule has 0 bridgehead atoms. The van der Waals surface area contributed by atoms with Gasteiger partial charge in [0.15, 0.2) is 5.11 Å². The number of thiocarbonyl (C=S) groups is 1. The van der Waals surface area contributed by atoms with E-state index in [1.807, 2.05) is 37.4 Å². The van der Waals surface area contributed by atoms with Crippen LogP contribution in [0.15, 0.2) is 47.1 Å². The molecule has 0 atom stereocenters. The fraction of sp³-hybridized carbons (Fsp3) is 0.200. The van der Waals surface area contributed by atoms with Crippen LogP contribution in [0.5, 0.6) is 0 Å². The van der Waals surface area contributed by atoms with Crippen LogP contribution in [0, 0.1) is 6.92 Å². The Hall–Kier alpha value is -1.46. The van der Waals surface area contributed by atoms with Crippen LogP contribution in [-0.2, 0) is 6.42 Å². The van der Waals surface area contributed by atoms with E-state index in [1.165, 1.54) is 5.56 Å². The van der Waals surface area contributed by atoms with Crippen LogP contribution in [0.1, 0.15) is 11.1 Å². The van der Waals surface area contributed by atoms with Crippen LogP contribution in [0.2, 0.25) is 0 Å². The van der Waals surface area contributed by atoms with Gasteiger partial charge in [-0.25, -0.2) is 4.98 Å². The molecule has 20 heavy (non-hydrogen) atoms. The summed E-state index contributed by atoms with van der Waals surface area (Å²) in [5.41, 5.74) is 2.40. The fourth-order valence-corrected chi connectivity index (χ4v) is 2.14. The Morgan fingerprint density at radius 1 is 1.20 bits per heavy atom. The Morgan fingerprint density at radius 3 is 2.60 bits per heavy atom. The largest absolute Gasteiger partial charge is 0.362 e. The molecule has 0 saturated heterocycles. The number of rotatable bonds is 4. The van der Waals surface area contributed by atoms with Crippen LogP contribution in [0.25, 0.3) is 0 Å². The average Bonchev–Trinajstić information content (AvgIpc) is 2.44. The van der Waals surface area contributed by atoms with Crippen LogP contribution in [0.4, 0.5) is 5.82 Å². The number of aryl methyl sites for hydroxylation is 1. The fourth-order valence-electron chi connectivity index (χ4n) is 1.67. The van der Waals surface area contributed by atoms with Gasteiger partial charge in [-0.15, -0.1) is 0 Å². The van der Waals surface area contributed by atoms with Gasteiger partial charge in [-0.3, -0.25) is 0 Å². The normalized spacial score (nSPS) is 10.1. The summed E-state index contributed by atoms with van der Waals surface area (Å²) in [7, 11) is 0. The number of benzene rings is 1. The molecule has 0 radical (unpaired) electrons. The molecular weight excluding hydrogens is 334 g/mol. The predicted octanol–water partition coefficient (Wildman–Crippen LogP) is 3.68. The number of hydrogen-bond acceptors (Lipinski definition) is 2. The second-order valence-corrected chi connectivity index (χ2v) is 5.80. The third kappa shape index (κ3) is 4.90. The van der Waals surface area contributed by atoms with Crippen molar-refractivity contribution in [3.63, 3.8) is 0 Å². The van der Waals surface area contributed by atoms with Crippen molar-refractivity contribution in [2.45, 2.75) is 13.3 Å². The molecule has 0 unspecified atom stereocenters. The van der Waals surface area contributed by atoms with E-state index in [-0.39, 0.29) is 0 Å². The highest BCUT2D eigenvalue weighted by molar-refractivity contribution is 9.10. The molecule has 1 aromatic heterocycles. The summed E-state index contributed by atoms with van der Waals surface area (Å²) in [5.74, 6) is 0.761. The summed E-state index contributed by atoms with van der Waals surface area (Å²) in [5, 5.41) is 6.84. The van der Waals surface area contributed by atoms with E-state index < -0.39 is 0 Å². The molecule has 0 spiro atoms. The Bertz CT molecular complexity index is 567. The summed E-state index contributed by atoms with van der Waals surface area (Å²) in [4.78, 5) is 4.25. The zero-order valence-electron chi connectivity index (χ0n) is 11.2. The van der Waals surface area contributed by atoms with Crippen LogP contribution in [0.3, 0.4) is 0 Å². The summed E-state index contributed by atoms with van der Waals surface area (Å²) in [6, 6.07) is 12.2. The molecule has 5 heteroatoms. The summed E-state index contributed by atoms with van der Waals surface area (Å²) < 4.78 is 1.09. The Labute approximate surface area is 132 Å². The number of nitrogens with one attached hydrogen (secondary N) is 2. The number of aromatic nitrogens is 1. The van der Waals surface area contributed by atoms with E-state index in [9.17, 15) is 0 Å². The van der Waals surface area contributed by atoms with Crippen LogP contribution >= 0.6 is 28.1 Å². The first kappa shape index (κ1) is 14.9. The van der Waals surface area contributed by atoms with Gasteiger partial charge in [0.25, 0.3) is 0 Å². The van der Waals surface area contributed by atoms with Crippen molar-refractivity contribution >= 4 is 39.1 Å². The zero-order valence-corrected chi connectivity index (χ0v) is 13.6. The lowest BCUT2D eigenvalue weighted by Gasteiger charge is -2.10. The molecule has 0 aliphatic carbocycles. The molecular formula is C15H16BrN3S. The molecule has 0 aliphatic heterocycles. The van der Waals surface area contributed by atoms with Gasteiger partial charge in [-0.2, -0.15) is 0 Å². The Kier molecular flexibility index (Phi) is 5.49. The van der Waals surface area contributed by atoms with Gasteiger partial charge in [0.1, 0.15) is 5.82 Å². The van der Waals surface area contributed by atoms with Gasteiger partial charge in [0, 0.05) is 17.2 Å². The minimum atomic E-state index is 0.596. The number of pyridine rings is 1. The lowest BCUT2D eigenvalue weighted by atomic mass is 10.1. The van der Waals surface area contributed by atoms with E-state index >= 15 is 0 Å². The minimum absolute atomic E-state index is 0.596. The van der Waals surface area contributed by atoms with Crippen molar-refractivity contribution in [1.82, 2.24) is 10.3 Å². The first-order chi connectivity index (χ1) is 9.63. The van der Waals surface area contributed by atoms with Crippen molar-refractivity contribution in [3.05, 3.63) is 58.2 Å². The number of halogens is 1. The van der Waals surface area contributed by atoms with E-state index in [0.29, 0.717) is 5.11 Å². The van der Waals surface area contributed by atoms with E-state index in [1.54, 1.807) is 0 Å². The molecule has 2 N–H and O–H groups in total.